The summed E-state index contributed by atoms with van der Waals surface area (Å²) in [6.45, 7) is 3.35. The van der Waals surface area contributed by atoms with Crippen molar-refractivity contribution in [2.45, 2.75) is 38.3 Å². The van der Waals surface area contributed by atoms with Crippen molar-refractivity contribution in [2.75, 3.05) is 32.8 Å². The number of β-amino-alcohol motifs (C(OH)–C–C–N with tert-alkyl or cyclic N) is 1. The number of carbonyl (C=O) groups is 1. The molecule has 6 nitrogen and oxygen atoms in total. The van der Waals surface area contributed by atoms with Gasteiger partial charge in [-0.3, -0.25) is 9.69 Å². The van der Waals surface area contributed by atoms with E-state index in [1.54, 1.807) is 6.07 Å². The number of hydrogen-bond acceptors (Lipinski definition) is 5. The summed E-state index contributed by atoms with van der Waals surface area (Å²) in [5, 5.41) is 24.2. The van der Waals surface area contributed by atoms with Crippen molar-refractivity contribution in [3.8, 4) is 5.75 Å². The number of ether oxygens (including phenoxy) is 1. The molecule has 0 radical (unpaired) electrons. The first-order valence-corrected chi connectivity index (χ1v) is 12.2. The molecule has 0 spiro atoms. The summed E-state index contributed by atoms with van der Waals surface area (Å²) in [6, 6.07) is 19.9. The SMILES string of the molecule is O=C(NC[C@H](O)CN1CCc2ccccc2C1)c1ccc2cc(OCCCCCO)ccc2c1. The van der Waals surface area contributed by atoms with Gasteiger partial charge in [-0.25, -0.2) is 0 Å². The molecule has 1 aliphatic heterocycles. The third-order valence-electron chi connectivity index (χ3n) is 6.32. The van der Waals surface area contributed by atoms with Gasteiger partial charge in [-0.2, -0.15) is 0 Å². The van der Waals surface area contributed by atoms with Crippen LogP contribution in [0.1, 0.15) is 40.7 Å². The van der Waals surface area contributed by atoms with E-state index in [0.29, 0.717) is 18.7 Å². The molecule has 0 saturated heterocycles. The Kier molecular flexibility index (Phi) is 8.52. The fourth-order valence-electron chi connectivity index (χ4n) is 4.42. The lowest BCUT2D eigenvalue weighted by atomic mass is 10.00. The van der Waals surface area contributed by atoms with Crippen LogP contribution in [0.5, 0.6) is 5.75 Å². The minimum Gasteiger partial charge on any atom is -0.494 e. The van der Waals surface area contributed by atoms with Crippen LogP contribution in [-0.2, 0) is 13.0 Å². The summed E-state index contributed by atoms with van der Waals surface area (Å²) >= 11 is 0. The van der Waals surface area contributed by atoms with E-state index in [4.69, 9.17) is 9.84 Å². The van der Waals surface area contributed by atoms with Gasteiger partial charge < -0.3 is 20.3 Å². The van der Waals surface area contributed by atoms with Crippen molar-refractivity contribution < 1.29 is 19.7 Å². The summed E-state index contributed by atoms with van der Waals surface area (Å²) in [7, 11) is 0. The van der Waals surface area contributed by atoms with Gasteiger partial charge in [-0.05, 0) is 71.8 Å². The molecule has 1 heterocycles. The van der Waals surface area contributed by atoms with Crippen LogP contribution < -0.4 is 10.1 Å². The molecule has 3 aromatic carbocycles. The Bertz CT molecular complexity index is 1100. The molecule has 4 rings (SSSR count). The second-order valence-electron chi connectivity index (χ2n) is 8.97. The van der Waals surface area contributed by atoms with E-state index >= 15 is 0 Å². The van der Waals surface area contributed by atoms with Crippen molar-refractivity contribution >= 4 is 16.7 Å². The van der Waals surface area contributed by atoms with Gasteiger partial charge in [0.1, 0.15) is 5.75 Å². The fraction of sp³-hybridized carbons (Fsp3) is 0.393. The van der Waals surface area contributed by atoms with Crippen molar-refractivity contribution in [1.29, 1.82) is 0 Å². The second kappa shape index (κ2) is 12.0. The van der Waals surface area contributed by atoms with Crippen LogP contribution in [0.25, 0.3) is 10.8 Å². The molecule has 6 heteroatoms. The largest absolute Gasteiger partial charge is 0.494 e. The standard InChI is InChI=1S/C28H34N2O4/c31-14-4-1-5-15-34-27-11-10-22-16-24(9-8-23(22)17-27)28(33)29-18-26(32)20-30-13-12-21-6-2-3-7-25(21)19-30/h2-3,6-11,16-17,26,31-32H,1,4-5,12-15,18-20H2,(H,29,33)/t26-/m0/s1. The topological polar surface area (TPSA) is 82.0 Å². The maximum Gasteiger partial charge on any atom is 0.251 e. The Morgan fingerprint density at radius 2 is 1.79 bits per heavy atom. The zero-order valence-electron chi connectivity index (χ0n) is 19.6. The highest BCUT2D eigenvalue weighted by atomic mass is 16.5. The average molecular weight is 463 g/mol. The van der Waals surface area contributed by atoms with E-state index in [1.807, 2.05) is 30.3 Å². The smallest absolute Gasteiger partial charge is 0.251 e. The number of benzene rings is 3. The number of unbranched alkanes of at least 4 members (excludes halogenated alkanes) is 2. The number of aliphatic hydroxyl groups is 2. The molecule has 1 aliphatic rings. The number of carbonyl (C=O) groups excluding carboxylic acids is 1. The van der Waals surface area contributed by atoms with Gasteiger partial charge in [0, 0.05) is 38.3 Å². The monoisotopic (exact) mass is 462 g/mol. The molecule has 0 aromatic heterocycles. The van der Waals surface area contributed by atoms with E-state index in [1.165, 1.54) is 11.1 Å². The first kappa shape index (κ1) is 24.2. The predicted octanol–water partition coefficient (Wildman–Crippen LogP) is 3.53. The lowest BCUT2D eigenvalue weighted by molar-refractivity contribution is 0.0842. The Morgan fingerprint density at radius 3 is 2.65 bits per heavy atom. The summed E-state index contributed by atoms with van der Waals surface area (Å²) < 4.78 is 5.79. The van der Waals surface area contributed by atoms with E-state index in [2.05, 4.69) is 34.5 Å². The average Bonchev–Trinajstić information content (AvgIpc) is 2.86. The lowest BCUT2D eigenvalue weighted by Crippen LogP contribution is -2.42. The molecule has 0 aliphatic carbocycles. The predicted molar refractivity (Wildman–Crippen MR) is 134 cm³/mol. The minimum absolute atomic E-state index is 0.186. The fourth-order valence-corrected chi connectivity index (χ4v) is 4.42. The van der Waals surface area contributed by atoms with Crippen molar-refractivity contribution in [3.05, 3.63) is 77.4 Å². The quantitative estimate of drug-likeness (QED) is 0.380. The Balaban J connectivity index is 1.26. The second-order valence-corrected chi connectivity index (χ2v) is 8.97. The number of hydrogen-bond donors (Lipinski definition) is 3. The molecule has 0 unspecified atom stereocenters. The summed E-state index contributed by atoms with van der Waals surface area (Å²) in [5.74, 6) is 0.617. The van der Waals surface area contributed by atoms with Crippen LogP contribution in [0.3, 0.4) is 0 Å². The molecule has 3 N–H and O–H groups in total. The zero-order valence-corrected chi connectivity index (χ0v) is 19.6. The van der Waals surface area contributed by atoms with Crippen LogP contribution in [0.15, 0.2) is 60.7 Å². The van der Waals surface area contributed by atoms with E-state index in [-0.39, 0.29) is 19.1 Å². The number of rotatable bonds is 11. The molecule has 1 amide bonds. The number of amides is 1. The molecular formula is C28H34N2O4. The van der Waals surface area contributed by atoms with Gasteiger partial charge in [-0.1, -0.05) is 36.4 Å². The molecule has 34 heavy (non-hydrogen) atoms. The molecule has 0 bridgehead atoms. The Morgan fingerprint density at radius 1 is 1.00 bits per heavy atom. The maximum absolute atomic E-state index is 12.7. The third kappa shape index (κ3) is 6.56. The molecule has 3 aromatic rings. The third-order valence-corrected chi connectivity index (χ3v) is 6.32. The lowest BCUT2D eigenvalue weighted by Gasteiger charge is -2.30. The number of nitrogens with zero attached hydrogens (tertiary/aromatic N) is 1. The van der Waals surface area contributed by atoms with Crippen molar-refractivity contribution in [3.63, 3.8) is 0 Å². The van der Waals surface area contributed by atoms with Gasteiger partial charge in [-0.15, -0.1) is 0 Å². The first-order chi connectivity index (χ1) is 16.6. The van der Waals surface area contributed by atoms with E-state index in [0.717, 1.165) is 55.3 Å². The van der Waals surface area contributed by atoms with E-state index in [9.17, 15) is 9.90 Å². The van der Waals surface area contributed by atoms with Crippen LogP contribution in [0, 0.1) is 0 Å². The van der Waals surface area contributed by atoms with Gasteiger partial charge in [0.2, 0.25) is 0 Å². The summed E-state index contributed by atoms with van der Waals surface area (Å²) in [4.78, 5) is 14.9. The number of fused-ring (bicyclic) bond motifs is 2. The minimum atomic E-state index is -0.619. The van der Waals surface area contributed by atoms with Crippen molar-refractivity contribution in [2.24, 2.45) is 0 Å². The van der Waals surface area contributed by atoms with Gasteiger partial charge in [0.15, 0.2) is 0 Å². The highest BCUT2D eigenvalue weighted by Gasteiger charge is 2.19. The van der Waals surface area contributed by atoms with Gasteiger partial charge >= 0.3 is 0 Å². The Hall–Kier alpha value is -2.93. The molecule has 0 fully saturated rings. The number of aliphatic hydroxyl groups excluding tert-OH is 2. The molecule has 180 valence electrons. The zero-order chi connectivity index (χ0) is 23.8. The Labute approximate surface area is 201 Å². The van der Waals surface area contributed by atoms with Crippen LogP contribution >= 0.6 is 0 Å². The van der Waals surface area contributed by atoms with Crippen LogP contribution in [0.2, 0.25) is 0 Å². The molecule has 1 atom stereocenters. The van der Waals surface area contributed by atoms with Crippen molar-refractivity contribution in [1.82, 2.24) is 10.2 Å². The van der Waals surface area contributed by atoms with Crippen LogP contribution in [-0.4, -0.2) is 60.0 Å². The maximum atomic E-state index is 12.7. The van der Waals surface area contributed by atoms with Gasteiger partial charge in [0.25, 0.3) is 5.91 Å². The first-order valence-electron chi connectivity index (χ1n) is 12.2. The van der Waals surface area contributed by atoms with Gasteiger partial charge in [0.05, 0.1) is 12.7 Å². The summed E-state index contributed by atoms with van der Waals surface area (Å²) in [6.07, 6.45) is 3.03. The van der Waals surface area contributed by atoms with Crippen LogP contribution in [0.4, 0.5) is 0 Å². The number of nitrogens with one attached hydrogen (secondary N) is 1. The van der Waals surface area contributed by atoms with E-state index < -0.39 is 6.10 Å². The molecule has 0 saturated carbocycles. The highest BCUT2D eigenvalue weighted by molar-refractivity contribution is 5.98. The summed E-state index contributed by atoms with van der Waals surface area (Å²) in [5.41, 5.74) is 3.27. The highest BCUT2D eigenvalue weighted by Crippen LogP contribution is 2.23. The normalized spacial score (nSPS) is 14.5. The molecular weight excluding hydrogens is 428 g/mol.